The van der Waals surface area contributed by atoms with Crippen molar-refractivity contribution in [3.8, 4) is 5.75 Å². The van der Waals surface area contributed by atoms with Crippen molar-refractivity contribution in [2.45, 2.75) is 24.5 Å². The topological polar surface area (TPSA) is 537 Å². The number of nitrogen functional groups attached to an aromatic ring is 2. The van der Waals surface area contributed by atoms with Crippen LogP contribution in [0.3, 0.4) is 0 Å². The molecule has 0 unspecified atom stereocenters. The Hall–Kier alpha value is -5.64. The lowest BCUT2D eigenvalue weighted by molar-refractivity contribution is 0.282. The maximum absolute atomic E-state index is 13.0. The van der Waals surface area contributed by atoms with Gasteiger partial charge in [-0.15, -0.1) is 30.7 Å². The summed E-state index contributed by atoms with van der Waals surface area (Å²) in [6.07, 6.45) is 0. The third-order valence-corrected chi connectivity index (χ3v) is 16.7. The molecule has 4 rings (SSSR count). The maximum atomic E-state index is 13.0. The summed E-state index contributed by atoms with van der Waals surface area (Å²) < 4.78 is 256. The summed E-state index contributed by atoms with van der Waals surface area (Å²) in [5, 5.41) is 22.9. The van der Waals surface area contributed by atoms with Gasteiger partial charge in [-0.2, -0.15) is 42.1 Å². The van der Waals surface area contributed by atoms with E-state index in [1.807, 2.05) is 0 Å². The van der Waals surface area contributed by atoms with Crippen LogP contribution in [-0.4, -0.2) is 134 Å². The molecular weight excluding hydrogens is 1140 g/mol. The molecule has 0 fully saturated rings. The largest absolute Gasteiger partial charge is 0.494 e. The average Bonchev–Trinajstić information content (AvgIpc) is 3.23. The van der Waals surface area contributed by atoms with Crippen LogP contribution in [0.1, 0.15) is 0 Å². The predicted molar refractivity (Wildman–Crippen MR) is 242 cm³/mol. The summed E-state index contributed by atoms with van der Waals surface area (Å²) in [5.74, 6) is -3.44. The van der Waals surface area contributed by atoms with Crippen LogP contribution >= 0.6 is 0 Å². The van der Waals surface area contributed by atoms with Crippen molar-refractivity contribution in [1.29, 1.82) is 0 Å². The van der Waals surface area contributed by atoms with E-state index in [1.54, 1.807) is 0 Å². The summed E-state index contributed by atoms with van der Waals surface area (Å²) in [4.78, 5) is -4.68. The number of nitrogens with zero attached hydrogens (tertiary/aromatic N) is 6. The van der Waals surface area contributed by atoms with Crippen LogP contribution in [0.2, 0.25) is 0 Å². The molecule has 4 aromatic carbocycles. The zero-order valence-electron chi connectivity index (χ0n) is 35.5. The zero-order valence-corrected chi connectivity index (χ0v) is 42.1. The van der Waals surface area contributed by atoms with E-state index in [4.69, 9.17) is 29.9 Å². The SMILES string of the molecule is COc1ccc(S(=O)(=O)CCOS(=O)(=O)O)cc1/N=N/c1cc(/N=N/c2ccc(S(=O)(=O)CCOS(=O)(=O)O)cc2S(=O)(=O)O)c(N)c(/N=N/c2ccc(S(=O)(=O)CCOS(=O)(=O)O)cc2S(=O)(=O)O)c1N. The number of benzene rings is 4. The smallest absolute Gasteiger partial charge is 0.397 e. The highest BCUT2D eigenvalue weighted by molar-refractivity contribution is 7.92. The fourth-order valence-corrected chi connectivity index (χ4v) is 11.2. The molecule has 72 heavy (non-hydrogen) atoms. The van der Waals surface area contributed by atoms with Gasteiger partial charge in [-0.1, -0.05) is 0 Å². The van der Waals surface area contributed by atoms with Crippen molar-refractivity contribution in [1.82, 2.24) is 0 Å². The lowest BCUT2D eigenvalue weighted by Crippen LogP contribution is -2.16. The fraction of sp³-hybridized carbons (Fsp3) is 0.226. The molecular formula is C31H34N8O25S8. The first-order chi connectivity index (χ1) is 32.8. The molecule has 0 aliphatic rings. The zero-order chi connectivity index (χ0) is 54.5. The van der Waals surface area contributed by atoms with Crippen molar-refractivity contribution in [2.24, 2.45) is 30.7 Å². The number of rotatable bonds is 24. The number of hydrogen-bond donors (Lipinski definition) is 7. The van der Waals surface area contributed by atoms with Crippen molar-refractivity contribution in [3.05, 3.63) is 60.7 Å². The number of methoxy groups -OCH3 is 1. The van der Waals surface area contributed by atoms with E-state index in [9.17, 15) is 76.4 Å². The van der Waals surface area contributed by atoms with Gasteiger partial charge in [0.05, 0.1) is 70.3 Å². The van der Waals surface area contributed by atoms with E-state index in [0.29, 0.717) is 24.3 Å². The molecule has 0 amide bonds. The summed E-state index contributed by atoms with van der Waals surface area (Å²) in [6, 6.07) is 7.45. The minimum atomic E-state index is -5.41. The molecule has 4 aromatic rings. The highest BCUT2D eigenvalue weighted by Crippen LogP contribution is 2.46. The summed E-state index contributed by atoms with van der Waals surface area (Å²) in [6.45, 7) is -3.28. The van der Waals surface area contributed by atoms with E-state index in [0.717, 1.165) is 43.5 Å². The van der Waals surface area contributed by atoms with E-state index in [2.05, 4.69) is 43.2 Å². The first-order valence-corrected chi connectivity index (χ1v) is 30.2. The number of hydrogen-bond acceptors (Lipinski definition) is 28. The van der Waals surface area contributed by atoms with Crippen LogP contribution in [0.15, 0.2) is 116 Å². The fourth-order valence-electron chi connectivity index (χ4n) is 5.26. The van der Waals surface area contributed by atoms with Crippen LogP contribution in [0, 0.1) is 0 Å². The van der Waals surface area contributed by atoms with Crippen LogP contribution in [-0.2, 0) is 93.5 Å². The number of sulfone groups is 3. The monoisotopic (exact) mass is 1170 g/mol. The second-order valence-corrected chi connectivity index (χ2v) is 25.8. The molecule has 0 saturated carbocycles. The first-order valence-electron chi connectivity index (χ1n) is 18.3. The molecule has 0 aliphatic heterocycles. The number of anilines is 2. The molecule has 0 heterocycles. The second-order valence-electron chi connectivity index (χ2n) is 13.4. The third-order valence-electron chi connectivity index (χ3n) is 8.52. The third kappa shape index (κ3) is 16.7. The molecule has 0 atom stereocenters. The standard InChI is InChI=1S/C31H34N8O25S8/c1-61-26-7-4-18(65(40,41)11-8-62-70(52,53)54)14-23(26)36-38-25-17-24(37-34-21-5-2-19(15-27(21)68(46,47)48)66(42,43)12-9-63-71(55,56)57)29(32)31(30(25)33)39-35-22-6-3-20(16-28(22)69(49,50)51)67(44,45)13-10-64-72(58,59)60/h2-7,14-17H,8-13,32-33H2,1H3,(H,46,47,48)(H,49,50,51)(H,52,53,54)(H,55,56,57)(H,58,59,60)/b37-34+,38-36+,39-35+. The summed E-state index contributed by atoms with van der Waals surface area (Å²) in [7, 11) is -38.5. The summed E-state index contributed by atoms with van der Waals surface area (Å²) in [5.41, 5.74) is 7.33. The van der Waals surface area contributed by atoms with Crippen molar-refractivity contribution in [3.63, 3.8) is 0 Å². The molecule has 0 spiro atoms. The van der Waals surface area contributed by atoms with Crippen molar-refractivity contribution < 1.29 is 107 Å². The lowest BCUT2D eigenvalue weighted by atomic mass is 10.2. The minimum absolute atomic E-state index is 0.163. The van der Waals surface area contributed by atoms with Crippen LogP contribution < -0.4 is 16.2 Å². The van der Waals surface area contributed by atoms with Gasteiger partial charge in [-0.05, 0) is 60.7 Å². The molecule has 41 heteroatoms. The average molecular weight is 1180 g/mol. The normalized spacial score (nSPS) is 13.6. The molecule has 0 saturated heterocycles. The molecule has 0 radical (unpaired) electrons. The molecule has 0 aliphatic carbocycles. The maximum Gasteiger partial charge on any atom is 0.397 e. The van der Waals surface area contributed by atoms with E-state index in [-0.39, 0.29) is 11.4 Å². The van der Waals surface area contributed by atoms with E-state index in [1.165, 1.54) is 0 Å². The minimum Gasteiger partial charge on any atom is -0.494 e. The van der Waals surface area contributed by atoms with Gasteiger partial charge in [0.25, 0.3) is 20.2 Å². The molecule has 396 valence electrons. The molecule has 33 nitrogen and oxygen atoms in total. The van der Waals surface area contributed by atoms with Gasteiger partial charge < -0.3 is 16.2 Å². The van der Waals surface area contributed by atoms with Gasteiger partial charge in [0.1, 0.15) is 49.7 Å². The second kappa shape index (κ2) is 22.2. The number of ether oxygens (including phenoxy) is 1. The van der Waals surface area contributed by atoms with E-state index < -0.39 is 182 Å². The van der Waals surface area contributed by atoms with Gasteiger partial charge in [0.2, 0.25) is 0 Å². The van der Waals surface area contributed by atoms with Crippen LogP contribution in [0.4, 0.5) is 45.5 Å². The molecule has 0 bridgehead atoms. The van der Waals surface area contributed by atoms with E-state index >= 15 is 0 Å². The Kier molecular flexibility index (Phi) is 18.2. The Labute approximate surface area is 408 Å². The van der Waals surface area contributed by atoms with Crippen LogP contribution in [0.5, 0.6) is 5.75 Å². The highest BCUT2D eigenvalue weighted by Gasteiger charge is 2.26. The molecule has 0 aromatic heterocycles. The van der Waals surface area contributed by atoms with Crippen molar-refractivity contribution in [2.75, 3.05) is 55.7 Å². The Balaban J connectivity index is 1.94. The number of nitrogens with two attached hydrogens (primary N) is 2. The quantitative estimate of drug-likeness (QED) is 0.0301. The van der Waals surface area contributed by atoms with Gasteiger partial charge in [-0.3, -0.25) is 22.8 Å². The highest BCUT2D eigenvalue weighted by atomic mass is 32.3. The van der Waals surface area contributed by atoms with Gasteiger partial charge in [-0.25, -0.2) is 37.8 Å². The number of azo groups is 3. The van der Waals surface area contributed by atoms with Crippen molar-refractivity contribution >= 4 is 126 Å². The van der Waals surface area contributed by atoms with Crippen LogP contribution in [0.25, 0.3) is 0 Å². The Bertz CT molecular complexity index is 3810. The Morgan fingerprint density at radius 1 is 0.417 bits per heavy atom. The van der Waals surface area contributed by atoms with Gasteiger partial charge in [0.15, 0.2) is 29.5 Å². The molecule has 9 N–H and O–H groups in total. The predicted octanol–water partition coefficient (Wildman–Crippen LogP) is 2.38. The summed E-state index contributed by atoms with van der Waals surface area (Å²) >= 11 is 0. The first kappa shape index (κ1) is 58.9. The van der Waals surface area contributed by atoms with Gasteiger partial charge in [0, 0.05) is 0 Å². The Morgan fingerprint density at radius 3 is 1.08 bits per heavy atom. The van der Waals surface area contributed by atoms with Gasteiger partial charge >= 0.3 is 31.2 Å². The Morgan fingerprint density at radius 2 is 0.736 bits per heavy atom. The lowest BCUT2D eigenvalue weighted by Gasteiger charge is -2.11.